The van der Waals surface area contributed by atoms with E-state index in [9.17, 15) is 13.2 Å². The van der Waals surface area contributed by atoms with E-state index in [1.54, 1.807) is 72.8 Å². The molecule has 3 aromatic carbocycles. The Hall–Kier alpha value is -4.18. The van der Waals surface area contributed by atoms with E-state index in [4.69, 9.17) is 9.15 Å². The summed E-state index contributed by atoms with van der Waals surface area (Å²) in [6.07, 6.45) is 1.23. The molecule has 0 saturated carbocycles. The molecule has 1 aromatic heterocycles. The van der Waals surface area contributed by atoms with Crippen molar-refractivity contribution in [3.8, 4) is 17.2 Å². The van der Waals surface area contributed by atoms with E-state index in [0.29, 0.717) is 28.6 Å². The molecule has 4 aromatic rings. The monoisotopic (exact) mass is 478 g/mol. The fourth-order valence-electron chi connectivity index (χ4n) is 3.13. The Balaban J connectivity index is 1.35. The van der Waals surface area contributed by atoms with Gasteiger partial charge in [0.1, 0.15) is 5.75 Å². The topological polar surface area (TPSA) is 115 Å². The van der Waals surface area contributed by atoms with Crippen molar-refractivity contribution in [1.82, 2.24) is 10.2 Å². The number of benzene rings is 3. The summed E-state index contributed by atoms with van der Waals surface area (Å²) in [6.45, 7) is 1.67. The zero-order chi connectivity index (χ0) is 24.1. The maximum absolute atomic E-state index is 12.8. The predicted octanol–water partition coefficient (Wildman–Crippen LogP) is 3.89. The molecule has 0 aliphatic carbocycles. The summed E-state index contributed by atoms with van der Waals surface area (Å²) in [7, 11) is -2.20. The second-order valence-corrected chi connectivity index (χ2v) is 9.41. The van der Waals surface area contributed by atoms with E-state index in [2.05, 4.69) is 15.5 Å². The third-order valence-corrected chi connectivity index (χ3v) is 6.80. The largest absolute Gasteiger partial charge is 0.484 e. The van der Waals surface area contributed by atoms with Crippen LogP contribution in [-0.2, 0) is 14.8 Å². The number of carbonyl (C=O) groups excluding carboxylic acids is 1. The van der Waals surface area contributed by atoms with Gasteiger partial charge in [-0.2, -0.15) is 0 Å². The van der Waals surface area contributed by atoms with Crippen molar-refractivity contribution in [2.75, 3.05) is 23.3 Å². The van der Waals surface area contributed by atoms with E-state index < -0.39 is 10.0 Å². The summed E-state index contributed by atoms with van der Waals surface area (Å²) in [5, 5.41) is 10.2. The number of anilines is 2. The third-order valence-electron chi connectivity index (χ3n) is 5.00. The lowest BCUT2D eigenvalue weighted by atomic mass is 10.2. The number of hydrogen-bond acceptors (Lipinski definition) is 7. The van der Waals surface area contributed by atoms with Crippen LogP contribution in [-0.4, -0.2) is 38.2 Å². The smallest absolute Gasteiger partial charge is 0.264 e. The van der Waals surface area contributed by atoms with E-state index >= 15 is 0 Å². The number of sulfonamides is 1. The zero-order valence-corrected chi connectivity index (χ0v) is 19.3. The highest BCUT2D eigenvalue weighted by molar-refractivity contribution is 7.92. The van der Waals surface area contributed by atoms with E-state index in [0.717, 1.165) is 5.56 Å². The van der Waals surface area contributed by atoms with Gasteiger partial charge in [0.05, 0.1) is 10.6 Å². The van der Waals surface area contributed by atoms with E-state index in [1.165, 1.54) is 17.7 Å². The van der Waals surface area contributed by atoms with Crippen molar-refractivity contribution in [3.05, 3.63) is 84.8 Å². The lowest BCUT2D eigenvalue weighted by Gasteiger charge is -2.20. The highest BCUT2D eigenvalue weighted by Crippen LogP contribution is 2.25. The first-order valence-electron chi connectivity index (χ1n) is 10.3. The van der Waals surface area contributed by atoms with Crippen molar-refractivity contribution in [2.45, 2.75) is 11.8 Å². The normalized spacial score (nSPS) is 11.1. The first-order chi connectivity index (χ1) is 16.3. The average molecular weight is 479 g/mol. The minimum Gasteiger partial charge on any atom is -0.484 e. The standard InChI is InChI=1S/C24H22N4O5S/c1-17-6-12-22(13-7-17)34(30,31)28(2)20-8-10-21(11-9-20)32-15-23(29)26-19-5-3-4-18(14-19)24-27-25-16-33-24/h3-14,16H,15H2,1-2H3,(H,26,29). The first kappa shape index (κ1) is 23.0. The van der Waals surface area contributed by atoms with Gasteiger partial charge in [-0.3, -0.25) is 9.10 Å². The maximum atomic E-state index is 12.8. The minimum atomic E-state index is -3.69. The summed E-state index contributed by atoms with van der Waals surface area (Å²) in [6, 6.07) is 20.1. The summed E-state index contributed by atoms with van der Waals surface area (Å²) in [5.41, 5.74) is 2.68. The van der Waals surface area contributed by atoms with Gasteiger partial charge in [-0.25, -0.2) is 8.42 Å². The van der Waals surface area contributed by atoms with Crippen LogP contribution in [0.15, 0.2) is 88.5 Å². The third kappa shape index (κ3) is 5.24. The Labute approximate surface area is 197 Å². The summed E-state index contributed by atoms with van der Waals surface area (Å²) in [5.74, 6) is 0.423. The summed E-state index contributed by atoms with van der Waals surface area (Å²) >= 11 is 0. The fraction of sp³-hybridized carbons (Fsp3) is 0.125. The van der Waals surface area contributed by atoms with Gasteiger partial charge in [-0.1, -0.05) is 23.8 Å². The molecule has 0 spiro atoms. The van der Waals surface area contributed by atoms with Crippen molar-refractivity contribution in [3.63, 3.8) is 0 Å². The van der Waals surface area contributed by atoms with Gasteiger partial charge in [-0.05, 0) is 61.5 Å². The molecular formula is C24H22N4O5S. The van der Waals surface area contributed by atoms with Crippen LogP contribution in [0.5, 0.6) is 5.75 Å². The number of ether oxygens (including phenoxy) is 1. The fourth-order valence-corrected chi connectivity index (χ4v) is 4.33. The van der Waals surface area contributed by atoms with Crippen LogP contribution in [0.3, 0.4) is 0 Å². The van der Waals surface area contributed by atoms with Crippen LogP contribution >= 0.6 is 0 Å². The van der Waals surface area contributed by atoms with Gasteiger partial charge in [-0.15, -0.1) is 10.2 Å². The second-order valence-electron chi connectivity index (χ2n) is 7.44. The molecule has 0 bridgehead atoms. The first-order valence-corrected chi connectivity index (χ1v) is 11.7. The Morgan fingerprint density at radius 1 is 1.06 bits per heavy atom. The van der Waals surface area contributed by atoms with Gasteiger partial charge in [0.15, 0.2) is 6.61 Å². The molecule has 0 saturated heterocycles. The Morgan fingerprint density at radius 2 is 1.79 bits per heavy atom. The Morgan fingerprint density at radius 3 is 2.47 bits per heavy atom. The number of aryl methyl sites for hydroxylation is 1. The molecule has 34 heavy (non-hydrogen) atoms. The molecule has 4 rings (SSSR count). The number of rotatable bonds is 8. The summed E-state index contributed by atoms with van der Waals surface area (Å²) < 4.78 is 37.6. The van der Waals surface area contributed by atoms with Crippen LogP contribution < -0.4 is 14.4 Å². The molecule has 174 valence electrons. The Bertz CT molecular complexity index is 1370. The van der Waals surface area contributed by atoms with E-state index in [1.807, 2.05) is 6.92 Å². The molecule has 0 atom stereocenters. The number of amides is 1. The molecule has 0 aliphatic heterocycles. The quantitative estimate of drug-likeness (QED) is 0.409. The zero-order valence-electron chi connectivity index (χ0n) is 18.5. The van der Waals surface area contributed by atoms with Gasteiger partial charge in [0, 0.05) is 18.3 Å². The Kier molecular flexibility index (Phi) is 6.60. The molecule has 10 heteroatoms. The van der Waals surface area contributed by atoms with Gasteiger partial charge < -0.3 is 14.5 Å². The van der Waals surface area contributed by atoms with Crippen LogP contribution in [0.25, 0.3) is 11.5 Å². The molecular weight excluding hydrogens is 456 g/mol. The predicted molar refractivity (Wildman–Crippen MR) is 127 cm³/mol. The lowest BCUT2D eigenvalue weighted by molar-refractivity contribution is -0.118. The van der Waals surface area contributed by atoms with Crippen molar-refractivity contribution >= 4 is 27.3 Å². The van der Waals surface area contributed by atoms with Crippen LogP contribution in [0.1, 0.15) is 5.56 Å². The molecule has 1 heterocycles. The maximum Gasteiger partial charge on any atom is 0.264 e. The number of nitrogens with zero attached hydrogens (tertiary/aromatic N) is 3. The van der Waals surface area contributed by atoms with Crippen molar-refractivity contribution in [1.29, 1.82) is 0 Å². The number of aromatic nitrogens is 2. The highest BCUT2D eigenvalue weighted by atomic mass is 32.2. The number of carbonyl (C=O) groups is 1. The molecule has 0 fully saturated rings. The van der Waals surface area contributed by atoms with Gasteiger partial charge in [0.2, 0.25) is 12.3 Å². The highest BCUT2D eigenvalue weighted by Gasteiger charge is 2.21. The van der Waals surface area contributed by atoms with Crippen LogP contribution in [0, 0.1) is 6.92 Å². The van der Waals surface area contributed by atoms with Gasteiger partial charge >= 0.3 is 0 Å². The molecule has 9 nitrogen and oxygen atoms in total. The molecule has 1 N–H and O–H groups in total. The molecule has 0 aliphatic rings. The minimum absolute atomic E-state index is 0.209. The lowest BCUT2D eigenvalue weighted by Crippen LogP contribution is -2.26. The molecule has 0 radical (unpaired) electrons. The molecule has 0 unspecified atom stereocenters. The summed E-state index contributed by atoms with van der Waals surface area (Å²) in [4.78, 5) is 12.5. The van der Waals surface area contributed by atoms with E-state index in [-0.39, 0.29) is 17.4 Å². The SMILES string of the molecule is Cc1ccc(S(=O)(=O)N(C)c2ccc(OCC(=O)Nc3cccc(-c4nnco4)c3)cc2)cc1. The van der Waals surface area contributed by atoms with Crippen LogP contribution in [0.4, 0.5) is 11.4 Å². The second kappa shape index (κ2) is 9.75. The van der Waals surface area contributed by atoms with Gasteiger partial charge in [0.25, 0.3) is 15.9 Å². The average Bonchev–Trinajstić information content (AvgIpc) is 3.38. The van der Waals surface area contributed by atoms with Crippen molar-refractivity contribution < 1.29 is 22.4 Å². The van der Waals surface area contributed by atoms with Crippen LogP contribution in [0.2, 0.25) is 0 Å². The molecule has 1 amide bonds. The van der Waals surface area contributed by atoms with Crippen molar-refractivity contribution in [2.24, 2.45) is 0 Å². The number of hydrogen-bond donors (Lipinski definition) is 1. The number of nitrogens with one attached hydrogen (secondary N) is 1.